The van der Waals surface area contributed by atoms with E-state index in [0.717, 1.165) is 48.5 Å². The van der Waals surface area contributed by atoms with Gasteiger partial charge in [0.1, 0.15) is 11.4 Å². The first-order chi connectivity index (χ1) is 14.1. The summed E-state index contributed by atoms with van der Waals surface area (Å²) >= 11 is 3.19. The van der Waals surface area contributed by atoms with E-state index in [1.807, 2.05) is 11.8 Å². The van der Waals surface area contributed by atoms with E-state index in [1.165, 1.54) is 16.2 Å². The van der Waals surface area contributed by atoms with Crippen molar-refractivity contribution in [1.29, 1.82) is 0 Å². The van der Waals surface area contributed by atoms with Gasteiger partial charge in [0.05, 0.1) is 17.4 Å². The second kappa shape index (κ2) is 8.74. The quantitative estimate of drug-likeness (QED) is 0.596. The first kappa shape index (κ1) is 20.2. The Kier molecular flexibility index (Phi) is 6.09. The van der Waals surface area contributed by atoms with Crippen LogP contribution in [-0.4, -0.2) is 66.1 Å². The van der Waals surface area contributed by atoms with Crippen LogP contribution >= 0.6 is 22.7 Å². The molecule has 0 spiro atoms. The monoisotopic (exact) mass is 432 g/mol. The molecule has 0 N–H and O–H groups in total. The van der Waals surface area contributed by atoms with Gasteiger partial charge in [-0.3, -0.25) is 9.69 Å². The molecule has 4 heterocycles. The molecule has 0 saturated carbocycles. The minimum atomic E-state index is 0.0663. The molecule has 3 aromatic heterocycles. The van der Waals surface area contributed by atoms with Gasteiger partial charge in [-0.25, -0.2) is 4.98 Å². The highest BCUT2D eigenvalue weighted by molar-refractivity contribution is 7.20. The fourth-order valence-electron chi connectivity index (χ4n) is 3.57. The van der Waals surface area contributed by atoms with E-state index in [1.54, 1.807) is 25.6 Å². The van der Waals surface area contributed by atoms with Crippen LogP contribution in [0.4, 0.5) is 0 Å². The number of amides is 1. The molecule has 9 heteroatoms. The molecule has 1 amide bonds. The summed E-state index contributed by atoms with van der Waals surface area (Å²) in [4.78, 5) is 29.4. The van der Waals surface area contributed by atoms with Crippen LogP contribution < -0.4 is 4.74 Å². The number of carbonyl (C=O) groups excluding carboxylic acids is 1. The summed E-state index contributed by atoms with van der Waals surface area (Å²) in [6.45, 7) is 6.44. The van der Waals surface area contributed by atoms with Crippen molar-refractivity contribution in [3.8, 4) is 5.88 Å². The van der Waals surface area contributed by atoms with Crippen LogP contribution in [0, 0.1) is 6.92 Å². The standard InChI is InChI=1S/C20H24N4O3S2/c1-13-16-18(27-3)21-15(12-26-2)22-19(16)29-17(13)20(25)24-8-6-23(7-9-24)11-14-5-4-10-28-14/h4-5,10H,6-9,11-12H2,1-3H3. The van der Waals surface area contributed by atoms with Gasteiger partial charge in [0, 0.05) is 44.7 Å². The topological polar surface area (TPSA) is 67.8 Å². The molecule has 1 fully saturated rings. The predicted molar refractivity (Wildman–Crippen MR) is 115 cm³/mol. The van der Waals surface area contributed by atoms with Crippen LogP contribution in [0.1, 0.15) is 25.9 Å². The number of nitrogens with zero attached hydrogens (tertiary/aromatic N) is 4. The second-order valence-corrected chi connectivity index (χ2v) is 9.00. The van der Waals surface area contributed by atoms with E-state index < -0.39 is 0 Å². The minimum Gasteiger partial charge on any atom is -0.480 e. The number of thiophene rings is 2. The maximum atomic E-state index is 13.2. The summed E-state index contributed by atoms with van der Waals surface area (Å²) in [6, 6.07) is 4.24. The van der Waals surface area contributed by atoms with E-state index in [-0.39, 0.29) is 5.91 Å². The molecule has 1 aliphatic rings. The number of fused-ring (bicyclic) bond motifs is 1. The van der Waals surface area contributed by atoms with Crippen molar-refractivity contribution in [2.75, 3.05) is 40.4 Å². The number of methoxy groups -OCH3 is 2. The maximum Gasteiger partial charge on any atom is 0.264 e. The van der Waals surface area contributed by atoms with Crippen molar-refractivity contribution >= 4 is 38.8 Å². The number of hydrogen-bond acceptors (Lipinski definition) is 8. The van der Waals surface area contributed by atoms with Gasteiger partial charge in [0.15, 0.2) is 5.82 Å². The number of rotatable bonds is 6. The molecule has 0 radical (unpaired) electrons. The van der Waals surface area contributed by atoms with Gasteiger partial charge in [-0.1, -0.05) is 6.07 Å². The van der Waals surface area contributed by atoms with E-state index in [4.69, 9.17) is 9.47 Å². The summed E-state index contributed by atoms with van der Waals surface area (Å²) < 4.78 is 10.6. The molecule has 3 aromatic rings. The van der Waals surface area contributed by atoms with Crippen molar-refractivity contribution in [2.45, 2.75) is 20.1 Å². The fraction of sp³-hybridized carbons (Fsp3) is 0.450. The van der Waals surface area contributed by atoms with Crippen molar-refractivity contribution in [3.63, 3.8) is 0 Å². The molecule has 0 aromatic carbocycles. The lowest BCUT2D eigenvalue weighted by atomic mass is 10.2. The van der Waals surface area contributed by atoms with E-state index >= 15 is 0 Å². The Labute approximate surface area is 177 Å². The number of ether oxygens (including phenoxy) is 2. The zero-order valence-corrected chi connectivity index (χ0v) is 18.4. The number of carbonyl (C=O) groups is 1. The van der Waals surface area contributed by atoms with Crippen LogP contribution in [-0.2, 0) is 17.9 Å². The lowest BCUT2D eigenvalue weighted by Crippen LogP contribution is -2.48. The summed E-state index contributed by atoms with van der Waals surface area (Å²) in [5, 5.41) is 2.92. The van der Waals surface area contributed by atoms with Crippen LogP contribution in [0.3, 0.4) is 0 Å². The molecular weight excluding hydrogens is 408 g/mol. The van der Waals surface area contributed by atoms with Gasteiger partial charge in [0.25, 0.3) is 5.91 Å². The Morgan fingerprint density at radius 2 is 2.00 bits per heavy atom. The second-order valence-electron chi connectivity index (χ2n) is 6.97. The zero-order chi connectivity index (χ0) is 20.4. The van der Waals surface area contributed by atoms with E-state index in [9.17, 15) is 4.79 Å². The Hall–Kier alpha value is -2.07. The van der Waals surface area contributed by atoms with Crippen molar-refractivity contribution < 1.29 is 14.3 Å². The summed E-state index contributed by atoms with van der Waals surface area (Å²) in [5.74, 6) is 1.12. The van der Waals surface area contributed by atoms with E-state index in [2.05, 4.69) is 32.4 Å². The fourth-order valence-corrected chi connectivity index (χ4v) is 5.47. The Balaban J connectivity index is 1.52. The average Bonchev–Trinajstić information content (AvgIpc) is 3.35. The van der Waals surface area contributed by atoms with Crippen molar-refractivity contribution in [3.05, 3.63) is 38.7 Å². The van der Waals surface area contributed by atoms with Crippen molar-refractivity contribution in [1.82, 2.24) is 19.8 Å². The molecule has 0 unspecified atom stereocenters. The first-order valence-corrected chi connectivity index (χ1v) is 11.2. The summed E-state index contributed by atoms with van der Waals surface area (Å²) in [7, 11) is 3.19. The average molecular weight is 433 g/mol. The minimum absolute atomic E-state index is 0.0663. The molecule has 154 valence electrons. The summed E-state index contributed by atoms with van der Waals surface area (Å²) in [5.41, 5.74) is 0.886. The van der Waals surface area contributed by atoms with Crippen LogP contribution in [0.15, 0.2) is 17.5 Å². The SMILES string of the molecule is COCc1nc(OC)c2c(C)c(C(=O)N3CCN(Cc4cccs4)CC3)sc2n1. The number of aromatic nitrogens is 2. The van der Waals surface area contributed by atoms with Gasteiger partial charge in [0.2, 0.25) is 5.88 Å². The Morgan fingerprint density at radius 1 is 1.21 bits per heavy atom. The molecule has 4 rings (SSSR count). The highest BCUT2D eigenvalue weighted by atomic mass is 32.1. The van der Waals surface area contributed by atoms with Crippen LogP contribution in [0.2, 0.25) is 0 Å². The molecule has 0 aliphatic carbocycles. The number of aryl methyl sites for hydroxylation is 1. The highest BCUT2D eigenvalue weighted by Gasteiger charge is 2.27. The first-order valence-electron chi connectivity index (χ1n) is 9.47. The normalized spacial score (nSPS) is 15.2. The highest BCUT2D eigenvalue weighted by Crippen LogP contribution is 2.35. The maximum absolute atomic E-state index is 13.2. The largest absolute Gasteiger partial charge is 0.480 e. The lowest BCUT2D eigenvalue weighted by Gasteiger charge is -2.34. The Morgan fingerprint density at radius 3 is 2.66 bits per heavy atom. The molecule has 1 saturated heterocycles. The molecule has 0 bridgehead atoms. The van der Waals surface area contributed by atoms with Crippen molar-refractivity contribution in [2.24, 2.45) is 0 Å². The smallest absolute Gasteiger partial charge is 0.264 e. The third-order valence-electron chi connectivity index (χ3n) is 5.08. The number of piperazine rings is 1. The number of hydrogen-bond donors (Lipinski definition) is 0. The van der Waals surface area contributed by atoms with Gasteiger partial charge in [-0.15, -0.1) is 22.7 Å². The Bertz CT molecular complexity index is 995. The van der Waals surface area contributed by atoms with Crippen LogP contribution in [0.5, 0.6) is 5.88 Å². The molecule has 29 heavy (non-hydrogen) atoms. The third kappa shape index (κ3) is 4.13. The summed E-state index contributed by atoms with van der Waals surface area (Å²) in [6.07, 6.45) is 0. The van der Waals surface area contributed by atoms with Gasteiger partial charge in [-0.05, 0) is 23.9 Å². The van der Waals surface area contributed by atoms with Gasteiger partial charge >= 0.3 is 0 Å². The molecular formula is C20H24N4O3S2. The van der Waals surface area contributed by atoms with Gasteiger partial charge < -0.3 is 14.4 Å². The third-order valence-corrected chi connectivity index (χ3v) is 7.12. The predicted octanol–water partition coefficient (Wildman–Crippen LogP) is 3.17. The molecule has 1 aliphatic heterocycles. The lowest BCUT2D eigenvalue weighted by molar-refractivity contribution is 0.0634. The zero-order valence-electron chi connectivity index (χ0n) is 16.8. The molecule has 0 atom stereocenters. The molecule has 7 nitrogen and oxygen atoms in total. The van der Waals surface area contributed by atoms with Gasteiger partial charge in [-0.2, -0.15) is 4.98 Å². The van der Waals surface area contributed by atoms with E-state index in [0.29, 0.717) is 23.2 Å². The van der Waals surface area contributed by atoms with Crippen LogP contribution in [0.25, 0.3) is 10.2 Å².